The van der Waals surface area contributed by atoms with Gasteiger partial charge in [0.15, 0.2) is 0 Å². The SMILES string of the molecule is C[CH-]C.C[CH-]C.[Cl][Ti][Cl]. The molecule has 0 fully saturated rings. The summed E-state index contributed by atoms with van der Waals surface area (Å²) >= 11 is -0.556. The molecule has 0 nitrogen and oxygen atoms in total. The monoisotopic (exact) mass is 204 g/mol. The fourth-order valence-electron chi connectivity index (χ4n) is 0. The van der Waals surface area contributed by atoms with Gasteiger partial charge in [0.05, 0.1) is 0 Å². The molecule has 0 radical (unpaired) electrons. The number of halogens is 2. The molecule has 0 aromatic rings. The first-order chi connectivity index (χ1) is 4.24. The molecule has 0 aliphatic rings. The zero-order chi connectivity index (χ0) is 8.12. The van der Waals surface area contributed by atoms with Gasteiger partial charge in [0.25, 0.3) is 0 Å². The third kappa shape index (κ3) is 295. The van der Waals surface area contributed by atoms with E-state index in [4.69, 9.17) is 18.6 Å². The standard InChI is InChI=1S/2C3H7.2ClH.Ti/c2*1-3-2;;;/h2*3H,1-2H3;2*1H;/q2*-1;;;+2/p-2. The van der Waals surface area contributed by atoms with Crippen molar-refractivity contribution in [3.63, 3.8) is 0 Å². The average Bonchev–Trinajstić information content (AvgIpc) is 1.70. The molecule has 0 aliphatic carbocycles. The van der Waals surface area contributed by atoms with E-state index in [1.165, 1.54) is 0 Å². The van der Waals surface area contributed by atoms with Crippen molar-refractivity contribution >= 4 is 18.6 Å². The Hall–Kier alpha value is 1.29. The summed E-state index contributed by atoms with van der Waals surface area (Å²) in [5, 5.41) is 0. The number of hydrogen-bond donors (Lipinski definition) is 0. The Morgan fingerprint density at radius 1 is 0.889 bits per heavy atom. The van der Waals surface area contributed by atoms with Gasteiger partial charge in [-0.3, -0.25) is 0 Å². The van der Waals surface area contributed by atoms with Crippen molar-refractivity contribution in [1.29, 1.82) is 0 Å². The number of rotatable bonds is 0. The molecule has 0 spiro atoms. The summed E-state index contributed by atoms with van der Waals surface area (Å²) in [5.41, 5.74) is 0. The van der Waals surface area contributed by atoms with Crippen molar-refractivity contribution in [3.8, 4) is 0 Å². The van der Waals surface area contributed by atoms with E-state index in [1.54, 1.807) is 0 Å². The van der Waals surface area contributed by atoms with Gasteiger partial charge >= 0.3 is 35.6 Å². The van der Waals surface area contributed by atoms with Crippen LogP contribution in [-0.4, -0.2) is 0 Å². The van der Waals surface area contributed by atoms with Gasteiger partial charge in [-0.25, -0.2) is 0 Å². The van der Waals surface area contributed by atoms with Crippen LogP contribution >= 0.6 is 18.6 Å². The summed E-state index contributed by atoms with van der Waals surface area (Å²) in [7, 11) is 9.78. The fourth-order valence-corrected chi connectivity index (χ4v) is 0. The van der Waals surface area contributed by atoms with Crippen molar-refractivity contribution in [3.05, 3.63) is 12.8 Å². The van der Waals surface area contributed by atoms with Crippen LogP contribution in [0.1, 0.15) is 27.7 Å². The molecule has 0 unspecified atom stereocenters. The van der Waals surface area contributed by atoms with Crippen LogP contribution < -0.4 is 0 Å². The van der Waals surface area contributed by atoms with Crippen LogP contribution in [0.15, 0.2) is 0 Å². The van der Waals surface area contributed by atoms with Gasteiger partial charge in [-0.1, -0.05) is 0 Å². The molecule has 9 heavy (non-hydrogen) atoms. The predicted molar refractivity (Wildman–Crippen MR) is 43.0 cm³/mol. The molecule has 0 amide bonds. The van der Waals surface area contributed by atoms with Crippen LogP contribution in [0.2, 0.25) is 0 Å². The van der Waals surface area contributed by atoms with E-state index in [-0.39, 0.29) is 0 Å². The second kappa shape index (κ2) is 34.7. The van der Waals surface area contributed by atoms with Crippen LogP contribution in [0.25, 0.3) is 0 Å². The van der Waals surface area contributed by atoms with Crippen molar-refractivity contribution in [1.82, 2.24) is 0 Å². The molecular weight excluding hydrogens is 191 g/mol. The first-order valence-corrected chi connectivity index (χ1v) is 6.98. The van der Waals surface area contributed by atoms with Crippen LogP contribution in [0.5, 0.6) is 0 Å². The van der Waals surface area contributed by atoms with Gasteiger partial charge in [-0.2, -0.15) is 27.7 Å². The Labute approximate surface area is 76.0 Å². The zero-order valence-corrected chi connectivity index (χ0v) is 9.48. The molecule has 0 saturated carbocycles. The van der Waals surface area contributed by atoms with Crippen LogP contribution in [0.4, 0.5) is 0 Å². The molecule has 58 valence electrons. The van der Waals surface area contributed by atoms with Crippen molar-refractivity contribution < 1.29 is 17.0 Å². The molecule has 0 N–H and O–H groups in total. The summed E-state index contributed by atoms with van der Waals surface area (Å²) in [5.74, 6) is 0. The fraction of sp³-hybridized carbons (Fsp3) is 0.667. The average molecular weight is 205 g/mol. The van der Waals surface area contributed by atoms with Gasteiger partial charge in [-0.05, 0) is 0 Å². The molecule has 0 bridgehead atoms. The molecule has 0 atom stereocenters. The first-order valence-electron chi connectivity index (χ1n) is 2.69. The molecular formula is C6H14Cl2Ti-2. The minimum atomic E-state index is -0.556. The summed E-state index contributed by atoms with van der Waals surface area (Å²) in [6, 6.07) is 0. The Morgan fingerprint density at radius 3 is 0.889 bits per heavy atom. The van der Waals surface area contributed by atoms with Gasteiger partial charge < -0.3 is 12.8 Å². The van der Waals surface area contributed by atoms with E-state index in [0.29, 0.717) is 0 Å². The molecule has 0 aromatic heterocycles. The summed E-state index contributed by atoms with van der Waals surface area (Å²) in [6.45, 7) is 8.00. The van der Waals surface area contributed by atoms with Gasteiger partial charge in [-0.15, -0.1) is 0 Å². The van der Waals surface area contributed by atoms with Crippen LogP contribution in [-0.2, 0) is 17.0 Å². The molecule has 0 saturated heterocycles. The summed E-state index contributed by atoms with van der Waals surface area (Å²) < 4.78 is 0. The number of hydrogen-bond acceptors (Lipinski definition) is 0. The first kappa shape index (κ1) is 16.7. The molecule has 0 heterocycles. The quantitative estimate of drug-likeness (QED) is 0.416. The predicted octanol–water partition coefficient (Wildman–Crippen LogP) is 3.84. The van der Waals surface area contributed by atoms with Crippen LogP contribution in [0, 0.1) is 12.8 Å². The van der Waals surface area contributed by atoms with E-state index in [2.05, 4.69) is 0 Å². The maximum atomic E-state index is 4.89. The third-order valence-electron chi connectivity index (χ3n) is 0. The Morgan fingerprint density at radius 2 is 0.889 bits per heavy atom. The molecule has 0 aromatic carbocycles. The van der Waals surface area contributed by atoms with E-state index in [1.807, 2.05) is 40.5 Å². The molecule has 0 aliphatic heterocycles. The Bertz CT molecular complexity index is 15.8. The van der Waals surface area contributed by atoms with Crippen molar-refractivity contribution in [2.24, 2.45) is 0 Å². The van der Waals surface area contributed by atoms with E-state index >= 15 is 0 Å². The van der Waals surface area contributed by atoms with Gasteiger partial charge in [0, 0.05) is 0 Å². The third-order valence-corrected chi connectivity index (χ3v) is 0. The topological polar surface area (TPSA) is 0 Å². The second-order valence-electron chi connectivity index (χ2n) is 1.23. The normalized spacial score (nSPS) is 5.56. The van der Waals surface area contributed by atoms with Gasteiger partial charge in [0.2, 0.25) is 0 Å². The zero-order valence-electron chi connectivity index (χ0n) is 6.41. The second-order valence-corrected chi connectivity index (χ2v) is 3.81. The van der Waals surface area contributed by atoms with Crippen LogP contribution in [0.3, 0.4) is 0 Å². The summed E-state index contributed by atoms with van der Waals surface area (Å²) in [4.78, 5) is 0. The van der Waals surface area contributed by atoms with E-state index in [9.17, 15) is 0 Å². The Balaban J connectivity index is -0.0000000600. The van der Waals surface area contributed by atoms with Gasteiger partial charge in [0.1, 0.15) is 0 Å². The van der Waals surface area contributed by atoms with E-state index in [0.717, 1.165) is 0 Å². The molecule has 3 heteroatoms. The minimum absolute atomic E-state index is 0.556. The van der Waals surface area contributed by atoms with Crippen molar-refractivity contribution in [2.45, 2.75) is 27.7 Å². The maximum absolute atomic E-state index is 4.89. The van der Waals surface area contributed by atoms with E-state index < -0.39 is 17.0 Å². The van der Waals surface area contributed by atoms with Crippen molar-refractivity contribution in [2.75, 3.05) is 0 Å². The Kier molecular flexibility index (Phi) is 64.4. The summed E-state index contributed by atoms with van der Waals surface area (Å²) in [6.07, 6.45) is 4.00. The molecule has 0 rings (SSSR count).